The van der Waals surface area contributed by atoms with Crippen LogP contribution in [0.3, 0.4) is 0 Å². The maximum Gasteiger partial charge on any atom is 0.324 e. The Morgan fingerprint density at radius 2 is 2.19 bits per heavy atom. The Bertz CT molecular complexity index is 973. The molecular formula is C20H18N2O4S. The second kappa shape index (κ2) is 7.05. The van der Waals surface area contributed by atoms with Crippen LogP contribution in [-0.4, -0.2) is 19.0 Å². The number of nitriles is 1. The second-order valence-electron chi connectivity index (χ2n) is 6.67. The van der Waals surface area contributed by atoms with Gasteiger partial charge in [0.05, 0.1) is 12.7 Å². The molecule has 138 valence electrons. The molecule has 1 aliphatic carbocycles. The van der Waals surface area contributed by atoms with Crippen molar-refractivity contribution in [3.05, 3.63) is 39.8 Å². The number of fused-ring (bicyclic) bond motifs is 2. The Morgan fingerprint density at radius 1 is 1.37 bits per heavy atom. The number of rotatable bonds is 3. The van der Waals surface area contributed by atoms with Gasteiger partial charge >= 0.3 is 5.97 Å². The minimum Gasteiger partial charge on any atom is -0.497 e. The largest absolute Gasteiger partial charge is 0.497 e. The number of nitrogens with zero attached hydrogens (tertiary/aromatic N) is 1. The summed E-state index contributed by atoms with van der Waals surface area (Å²) in [6.07, 6.45) is 4.19. The zero-order valence-electron chi connectivity index (χ0n) is 14.8. The summed E-state index contributed by atoms with van der Waals surface area (Å²) in [5, 5.41) is 12.9. The zero-order valence-corrected chi connectivity index (χ0v) is 15.6. The third-order valence-corrected chi connectivity index (χ3v) is 6.23. The fourth-order valence-corrected chi connectivity index (χ4v) is 4.84. The highest BCUT2D eigenvalue weighted by Gasteiger charge is 2.35. The van der Waals surface area contributed by atoms with Crippen molar-refractivity contribution in [3.8, 4) is 17.6 Å². The summed E-state index contributed by atoms with van der Waals surface area (Å²) in [7, 11) is 1.56. The van der Waals surface area contributed by atoms with Gasteiger partial charge in [-0.25, -0.2) is 0 Å². The quantitative estimate of drug-likeness (QED) is 0.500. The number of hydrogen-bond donors (Lipinski definition) is 1. The molecule has 0 bridgehead atoms. The Morgan fingerprint density at radius 3 is 2.96 bits per heavy atom. The normalized spacial score (nSPS) is 17.9. The summed E-state index contributed by atoms with van der Waals surface area (Å²) in [5.74, 6) is -0.874. The van der Waals surface area contributed by atoms with Crippen LogP contribution in [0.4, 0.5) is 5.00 Å². The first-order valence-corrected chi connectivity index (χ1v) is 9.66. The molecule has 1 aromatic heterocycles. The van der Waals surface area contributed by atoms with E-state index in [2.05, 4.69) is 11.4 Å². The lowest BCUT2D eigenvalue weighted by molar-refractivity contribution is -0.144. The number of thiophene rings is 1. The Hall–Kier alpha value is -2.85. The number of carbonyl (C=O) groups excluding carboxylic acids is 2. The highest BCUT2D eigenvalue weighted by atomic mass is 32.1. The fraction of sp³-hybridized carbons (Fsp3) is 0.350. The van der Waals surface area contributed by atoms with Gasteiger partial charge in [-0.2, -0.15) is 5.26 Å². The number of hydrogen-bond acceptors (Lipinski definition) is 6. The molecule has 1 aromatic carbocycles. The molecule has 6 nitrogen and oxygen atoms in total. The van der Waals surface area contributed by atoms with Crippen LogP contribution in [0.25, 0.3) is 0 Å². The SMILES string of the molecule is COc1ccc2c(c1)C[C@H](C(=O)Nc1sc3c(c1C#N)CCCC3)C(=O)O2. The number of esters is 1. The van der Waals surface area contributed by atoms with Crippen molar-refractivity contribution >= 4 is 28.2 Å². The van der Waals surface area contributed by atoms with Crippen LogP contribution in [0, 0.1) is 17.2 Å². The van der Waals surface area contributed by atoms with Gasteiger partial charge in [0.1, 0.15) is 28.5 Å². The first-order valence-electron chi connectivity index (χ1n) is 8.85. The van der Waals surface area contributed by atoms with E-state index in [1.54, 1.807) is 25.3 Å². The van der Waals surface area contributed by atoms with Gasteiger partial charge in [-0.05, 0) is 61.4 Å². The molecule has 1 aliphatic heterocycles. The molecule has 0 unspecified atom stereocenters. The van der Waals surface area contributed by atoms with Crippen LogP contribution in [0.1, 0.15) is 34.4 Å². The molecule has 1 amide bonds. The fourth-order valence-electron chi connectivity index (χ4n) is 3.60. The average Bonchev–Trinajstić information content (AvgIpc) is 3.03. The van der Waals surface area contributed by atoms with Crippen LogP contribution in [0.5, 0.6) is 11.5 Å². The zero-order chi connectivity index (χ0) is 19.0. The smallest absolute Gasteiger partial charge is 0.324 e. The number of nitrogens with one attached hydrogen (secondary N) is 1. The van der Waals surface area contributed by atoms with Crippen LogP contribution < -0.4 is 14.8 Å². The molecule has 1 N–H and O–H groups in total. The first kappa shape index (κ1) is 17.6. The van der Waals surface area contributed by atoms with Crippen LogP contribution in [0.2, 0.25) is 0 Å². The van der Waals surface area contributed by atoms with Crippen LogP contribution in [0.15, 0.2) is 18.2 Å². The number of benzene rings is 1. The van der Waals surface area contributed by atoms with E-state index in [1.807, 2.05) is 0 Å². The minimum atomic E-state index is -0.949. The Labute approximate surface area is 160 Å². The van der Waals surface area contributed by atoms with Crippen molar-refractivity contribution in [2.75, 3.05) is 12.4 Å². The van der Waals surface area contributed by atoms with E-state index in [0.29, 0.717) is 22.1 Å². The predicted molar refractivity (Wildman–Crippen MR) is 100 cm³/mol. The molecule has 2 heterocycles. The molecule has 7 heteroatoms. The molecule has 2 aliphatic rings. The summed E-state index contributed by atoms with van der Waals surface area (Å²) in [5.41, 5.74) is 2.33. The topological polar surface area (TPSA) is 88.4 Å². The average molecular weight is 382 g/mol. The molecule has 0 saturated heterocycles. The summed E-state index contributed by atoms with van der Waals surface area (Å²) in [4.78, 5) is 26.3. The lowest BCUT2D eigenvalue weighted by Gasteiger charge is -2.23. The maximum atomic E-state index is 12.8. The number of aryl methyl sites for hydroxylation is 1. The molecule has 0 spiro atoms. The summed E-state index contributed by atoms with van der Waals surface area (Å²) >= 11 is 1.45. The van der Waals surface area contributed by atoms with Gasteiger partial charge in [0, 0.05) is 4.88 Å². The molecular weight excluding hydrogens is 364 g/mol. The van der Waals surface area contributed by atoms with E-state index in [0.717, 1.165) is 41.7 Å². The van der Waals surface area contributed by atoms with Crippen LogP contribution >= 0.6 is 11.3 Å². The highest BCUT2D eigenvalue weighted by Crippen LogP contribution is 2.38. The van der Waals surface area contributed by atoms with Crippen molar-refractivity contribution in [1.82, 2.24) is 0 Å². The van der Waals surface area contributed by atoms with Crippen molar-refractivity contribution in [2.24, 2.45) is 5.92 Å². The molecule has 0 radical (unpaired) electrons. The van der Waals surface area contributed by atoms with Crippen molar-refractivity contribution < 1.29 is 19.1 Å². The second-order valence-corrected chi connectivity index (χ2v) is 7.77. The lowest BCUT2D eigenvalue weighted by Crippen LogP contribution is -2.37. The van der Waals surface area contributed by atoms with Crippen molar-refractivity contribution in [3.63, 3.8) is 0 Å². The molecule has 27 heavy (non-hydrogen) atoms. The van der Waals surface area contributed by atoms with E-state index >= 15 is 0 Å². The van der Waals surface area contributed by atoms with E-state index in [1.165, 1.54) is 11.3 Å². The number of amides is 1. The van der Waals surface area contributed by atoms with E-state index in [-0.39, 0.29) is 6.42 Å². The summed E-state index contributed by atoms with van der Waals surface area (Å²) < 4.78 is 10.5. The minimum absolute atomic E-state index is 0.240. The van der Waals surface area contributed by atoms with E-state index in [9.17, 15) is 14.9 Å². The number of methoxy groups -OCH3 is 1. The third-order valence-electron chi connectivity index (χ3n) is 5.02. The predicted octanol–water partition coefficient (Wildman–Crippen LogP) is 3.22. The van der Waals surface area contributed by atoms with Gasteiger partial charge in [0.15, 0.2) is 0 Å². The van der Waals surface area contributed by atoms with Gasteiger partial charge in [0.25, 0.3) is 0 Å². The van der Waals surface area contributed by atoms with Gasteiger partial charge in [0.2, 0.25) is 5.91 Å². The summed E-state index contributed by atoms with van der Waals surface area (Å²) in [6.45, 7) is 0. The van der Waals surface area contributed by atoms with Crippen molar-refractivity contribution in [2.45, 2.75) is 32.1 Å². The molecule has 1 atom stereocenters. The van der Waals surface area contributed by atoms with Crippen molar-refractivity contribution in [1.29, 1.82) is 5.26 Å². The van der Waals surface area contributed by atoms with Gasteiger partial charge in [-0.15, -0.1) is 11.3 Å². The molecule has 0 fully saturated rings. The first-order chi connectivity index (χ1) is 13.1. The van der Waals surface area contributed by atoms with Crippen LogP contribution in [-0.2, 0) is 28.9 Å². The number of ether oxygens (including phenoxy) is 2. The third kappa shape index (κ3) is 3.17. The van der Waals surface area contributed by atoms with E-state index in [4.69, 9.17) is 9.47 Å². The molecule has 2 aromatic rings. The number of anilines is 1. The van der Waals surface area contributed by atoms with Gasteiger partial charge in [-0.3, -0.25) is 9.59 Å². The Balaban J connectivity index is 1.58. The lowest BCUT2D eigenvalue weighted by atomic mass is 9.94. The number of carbonyl (C=O) groups is 2. The molecule has 4 rings (SSSR count). The molecule has 0 saturated carbocycles. The van der Waals surface area contributed by atoms with Gasteiger partial charge in [-0.1, -0.05) is 0 Å². The highest BCUT2D eigenvalue weighted by molar-refractivity contribution is 7.16. The van der Waals surface area contributed by atoms with Gasteiger partial charge < -0.3 is 14.8 Å². The maximum absolute atomic E-state index is 12.8. The monoisotopic (exact) mass is 382 g/mol. The van der Waals surface area contributed by atoms with E-state index < -0.39 is 17.8 Å². The standard InChI is InChI=1S/C20H18N2O4S/c1-25-12-6-7-16-11(8-12)9-14(20(24)26-16)18(23)22-19-15(10-21)13-4-2-3-5-17(13)27-19/h6-8,14H,2-5,9H2,1H3,(H,22,23)/t14-/m1/s1. The summed E-state index contributed by atoms with van der Waals surface area (Å²) in [6, 6.07) is 7.37. The Kier molecular flexibility index (Phi) is 4.58.